The second-order valence-electron chi connectivity index (χ2n) is 3.56. The van der Waals surface area contributed by atoms with Crippen LogP contribution in [-0.2, 0) is 4.79 Å². The van der Waals surface area contributed by atoms with Crippen molar-refractivity contribution in [1.29, 1.82) is 0 Å². The van der Waals surface area contributed by atoms with E-state index < -0.39 is 10.7 Å². The first-order valence-corrected chi connectivity index (χ1v) is 5.57. The number of thioether (sulfide) groups is 1. The lowest BCUT2D eigenvalue weighted by molar-refractivity contribution is -0.139. The molecule has 1 aromatic rings. The van der Waals surface area contributed by atoms with Crippen LogP contribution in [0.5, 0.6) is 0 Å². The molecule has 0 fully saturated rings. The summed E-state index contributed by atoms with van der Waals surface area (Å²) in [5.41, 5.74) is 6.29. The maximum absolute atomic E-state index is 11.1. The zero-order valence-electron chi connectivity index (χ0n) is 8.86. The lowest BCUT2D eigenvalue weighted by Crippen LogP contribution is -2.30. The molecule has 0 radical (unpaired) electrons. The van der Waals surface area contributed by atoms with E-state index in [1.54, 1.807) is 19.1 Å². The highest BCUT2D eigenvalue weighted by Gasteiger charge is 2.32. The predicted octanol–water partition coefficient (Wildman–Crippen LogP) is 2.61. The summed E-state index contributed by atoms with van der Waals surface area (Å²) < 4.78 is -0.784. The third-order valence-electron chi connectivity index (χ3n) is 2.33. The minimum Gasteiger partial charge on any atom is -0.480 e. The molecule has 1 aromatic carbocycles. The molecular formula is C11H15NO2S. The van der Waals surface area contributed by atoms with Gasteiger partial charge in [0.2, 0.25) is 0 Å². The molecule has 1 rings (SSSR count). The summed E-state index contributed by atoms with van der Waals surface area (Å²) in [6.07, 6.45) is 0.571. The average Bonchev–Trinajstić information content (AvgIpc) is 2.17. The van der Waals surface area contributed by atoms with Crippen LogP contribution in [0.15, 0.2) is 29.2 Å². The van der Waals surface area contributed by atoms with Gasteiger partial charge in [-0.05, 0) is 31.5 Å². The number of carboxylic acid groups (broad SMARTS) is 1. The van der Waals surface area contributed by atoms with Gasteiger partial charge in [0, 0.05) is 10.6 Å². The molecule has 82 valence electrons. The molecule has 0 saturated heterocycles. The first-order chi connectivity index (χ1) is 6.98. The van der Waals surface area contributed by atoms with Gasteiger partial charge in [0.1, 0.15) is 4.75 Å². The Hall–Kier alpha value is -1.16. The van der Waals surface area contributed by atoms with E-state index in [4.69, 9.17) is 10.8 Å². The van der Waals surface area contributed by atoms with Crippen molar-refractivity contribution in [2.45, 2.75) is 29.9 Å². The molecule has 0 aliphatic carbocycles. The van der Waals surface area contributed by atoms with Gasteiger partial charge in [-0.2, -0.15) is 0 Å². The predicted molar refractivity (Wildman–Crippen MR) is 63.0 cm³/mol. The zero-order chi connectivity index (χ0) is 11.5. The summed E-state index contributed by atoms with van der Waals surface area (Å²) in [6, 6.07) is 7.28. The van der Waals surface area contributed by atoms with Gasteiger partial charge in [0.15, 0.2) is 0 Å². The molecule has 3 N–H and O–H groups in total. The van der Waals surface area contributed by atoms with Gasteiger partial charge >= 0.3 is 5.97 Å². The zero-order valence-corrected chi connectivity index (χ0v) is 9.67. The van der Waals surface area contributed by atoms with Crippen molar-refractivity contribution in [3.63, 3.8) is 0 Å². The van der Waals surface area contributed by atoms with Crippen LogP contribution in [0.1, 0.15) is 20.3 Å². The molecule has 0 spiro atoms. The lowest BCUT2D eigenvalue weighted by atomic mass is 10.1. The Labute approximate surface area is 93.7 Å². The third-order valence-corrected chi connectivity index (χ3v) is 3.73. The lowest BCUT2D eigenvalue weighted by Gasteiger charge is -2.22. The van der Waals surface area contributed by atoms with Crippen LogP contribution in [0.25, 0.3) is 0 Å². The van der Waals surface area contributed by atoms with E-state index >= 15 is 0 Å². The van der Waals surface area contributed by atoms with Crippen LogP contribution in [0.3, 0.4) is 0 Å². The summed E-state index contributed by atoms with van der Waals surface area (Å²) in [5.74, 6) is -0.794. The summed E-state index contributed by atoms with van der Waals surface area (Å²) >= 11 is 1.33. The second-order valence-corrected chi connectivity index (χ2v) is 5.14. The average molecular weight is 225 g/mol. The number of anilines is 1. The summed E-state index contributed by atoms with van der Waals surface area (Å²) in [4.78, 5) is 12.0. The van der Waals surface area contributed by atoms with E-state index in [1.807, 2.05) is 19.1 Å². The molecule has 1 unspecified atom stereocenters. The van der Waals surface area contributed by atoms with Crippen molar-refractivity contribution in [2.75, 3.05) is 5.73 Å². The van der Waals surface area contributed by atoms with Crippen LogP contribution >= 0.6 is 11.8 Å². The molecule has 3 nitrogen and oxygen atoms in total. The Morgan fingerprint density at radius 1 is 1.60 bits per heavy atom. The van der Waals surface area contributed by atoms with Crippen LogP contribution in [0.4, 0.5) is 5.69 Å². The quantitative estimate of drug-likeness (QED) is 0.610. The van der Waals surface area contributed by atoms with Gasteiger partial charge < -0.3 is 10.8 Å². The monoisotopic (exact) mass is 225 g/mol. The molecule has 1 atom stereocenters. The number of carbonyl (C=O) groups is 1. The number of hydrogen-bond acceptors (Lipinski definition) is 3. The van der Waals surface area contributed by atoms with Crippen LogP contribution in [-0.4, -0.2) is 15.8 Å². The molecule has 0 amide bonds. The summed E-state index contributed by atoms with van der Waals surface area (Å²) in [7, 11) is 0. The maximum Gasteiger partial charge on any atom is 0.319 e. The molecule has 0 aliphatic heterocycles. The Bertz CT molecular complexity index is 367. The first-order valence-electron chi connectivity index (χ1n) is 4.76. The normalized spacial score (nSPS) is 14.5. The number of nitrogen functional groups attached to an aromatic ring is 1. The molecule has 0 heterocycles. The van der Waals surface area contributed by atoms with E-state index in [0.717, 1.165) is 4.90 Å². The molecule has 15 heavy (non-hydrogen) atoms. The molecule has 0 aromatic heterocycles. The largest absolute Gasteiger partial charge is 0.480 e. The molecular weight excluding hydrogens is 210 g/mol. The van der Waals surface area contributed by atoms with Crippen molar-refractivity contribution < 1.29 is 9.90 Å². The highest BCUT2D eigenvalue weighted by Crippen LogP contribution is 2.36. The highest BCUT2D eigenvalue weighted by atomic mass is 32.2. The van der Waals surface area contributed by atoms with Gasteiger partial charge in [-0.15, -0.1) is 11.8 Å². The van der Waals surface area contributed by atoms with E-state index in [-0.39, 0.29) is 0 Å². The fraction of sp³-hybridized carbons (Fsp3) is 0.364. The van der Waals surface area contributed by atoms with Gasteiger partial charge in [-0.25, -0.2) is 0 Å². The van der Waals surface area contributed by atoms with Gasteiger partial charge in [-0.1, -0.05) is 13.0 Å². The van der Waals surface area contributed by atoms with Crippen molar-refractivity contribution in [3.8, 4) is 0 Å². The van der Waals surface area contributed by atoms with E-state index in [1.165, 1.54) is 11.8 Å². The van der Waals surface area contributed by atoms with Crippen molar-refractivity contribution in [3.05, 3.63) is 24.3 Å². The Balaban J connectivity index is 2.89. The van der Waals surface area contributed by atoms with Crippen LogP contribution in [0, 0.1) is 0 Å². The fourth-order valence-corrected chi connectivity index (χ4v) is 2.20. The smallest absolute Gasteiger partial charge is 0.319 e. The van der Waals surface area contributed by atoms with E-state index in [0.29, 0.717) is 12.1 Å². The second kappa shape index (κ2) is 4.57. The number of nitrogens with two attached hydrogens (primary N) is 1. The SMILES string of the molecule is CCC(C)(Sc1cccc(N)c1)C(=O)O. The summed E-state index contributed by atoms with van der Waals surface area (Å²) in [6.45, 7) is 3.59. The van der Waals surface area contributed by atoms with E-state index in [9.17, 15) is 4.79 Å². The number of rotatable bonds is 4. The van der Waals surface area contributed by atoms with Crippen LogP contribution < -0.4 is 5.73 Å². The molecule has 0 saturated carbocycles. The Morgan fingerprint density at radius 3 is 2.73 bits per heavy atom. The number of benzene rings is 1. The van der Waals surface area contributed by atoms with Gasteiger partial charge in [0.25, 0.3) is 0 Å². The molecule has 0 bridgehead atoms. The number of carboxylic acids is 1. The third kappa shape index (κ3) is 2.89. The molecule has 0 aliphatic rings. The Morgan fingerprint density at radius 2 is 2.27 bits per heavy atom. The summed E-state index contributed by atoms with van der Waals surface area (Å²) in [5, 5.41) is 9.11. The highest BCUT2D eigenvalue weighted by molar-refractivity contribution is 8.01. The number of hydrogen-bond donors (Lipinski definition) is 2. The van der Waals surface area contributed by atoms with Crippen LogP contribution in [0.2, 0.25) is 0 Å². The van der Waals surface area contributed by atoms with Crippen molar-refractivity contribution in [2.24, 2.45) is 0 Å². The Kier molecular flexibility index (Phi) is 3.63. The maximum atomic E-state index is 11.1. The minimum atomic E-state index is -0.794. The van der Waals surface area contributed by atoms with E-state index in [2.05, 4.69) is 0 Å². The minimum absolute atomic E-state index is 0.571. The van der Waals surface area contributed by atoms with Crippen molar-refractivity contribution >= 4 is 23.4 Å². The van der Waals surface area contributed by atoms with Gasteiger partial charge in [-0.3, -0.25) is 4.79 Å². The standard InChI is InChI=1S/C11H15NO2S/c1-3-11(2,10(13)14)15-9-6-4-5-8(12)7-9/h4-7H,3,12H2,1-2H3,(H,13,14). The molecule has 4 heteroatoms. The van der Waals surface area contributed by atoms with Crippen molar-refractivity contribution in [1.82, 2.24) is 0 Å². The first kappa shape index (κ1) is 11.9. The topological polar surface area (TPSA) is 63.3 Å². The fourth-order valence-electron chi connectivity index (χ4n) is 1.11. The van der Waals surface area contributed by atoms with Gasteiger partial charge in [0.05, 0.1) is 0 Å². The number of aliphatic carboxylic acids is 1.